The summed E-state index contributed by atoms with van der Waals surface area (Å²) in [4.78, 5) is 13.0. The Bertz CT molecular complexity index is 413. The third-order valence-electron chi connectivity index (χ3n) is 2.70. The fraction of sp³-hybridized carbons (Fsp3) is 0.308. The number of ether oxygens (including phenoxy) is 1. The number of benzene rings is 1. The van der Waals surface area contributed by atoms with E-state index in [1.165, 1.54) is 0 Å². The van der Waals surface area contributed by atoms with Gasteiger partial charge in [0.2, 0.25) is 0 Å². The number of rotatable bonds is 4. The van der Waals surface area contributed by atoms with Crippen LogP contribution < -0.4 is 0 Å². The van der Waals surface area contributed by atoms with Gasteiger partial charge in [0.1, 0.15) is 0 Å². The SMILES string of the molecule is C=C(Cl)C(=O)N1CC(OCc2ccccc2)C1. The van der Waals surface area contributed by atoms with Gasteiger partial charge in [0, 0.05) is 13.1 Å². The van der Waals surface area contributed by atoms with E-state index in [0.29, 0.717) is 19.7 Å². The van der Waals surface area contributed by atoms with E-state index in [1.807, 2.05) is 30.3 Å². The lowest BCUT2D eigenvalue weighted by Crippen LogP contribution is -2.54. The lowest BCUT2D eigenvalue weighted by molar-refractivity contribution is -0.140. The van der Waals surface area contributed by atoms with Gasteiger partial charge in [-0.25, -0.2) is 0 Å². The van der Waals surface area contributed by atoms with E-state index < -0.39 is 0 Å². The smallest absolute Gasteiger partial charge is 0.264 e. The molecule has 4 heteroatoms. The molecule has 1 heterocycles. The van der Waals surface area contributed by atoms with Crippen molar-refractivity contribution in [2.75, 3.05) is 13.1 Å². The molecule has 3 nitrogen and oxygen atoms in total. The fourth-order valence-corrected chi connectivity index (χ4v) is 1.79. The Morgan fingerprint density at radius 3 is 2.65 bits per heavy atom. The van der Waals surface area contributed by atoms with E-state index in [0.717, 1.165) is 5.56 Å². The van der Waals surface area contributed by atoms with Crippen molar-refractivity contribution >= 4 is 17.5 Å². The van der Waals surface area contributed by atoms with Gasteiger partial charge < -0.3 is 9.64 Å². The molecule has 0 atom stereocenters. The van der Waals surface area contributed by atoms with E-state index in [9.17, 15) is 4.79 Å². The maximum atomic E-state index is 11.4. The first-order valence-electron chi connectivity index (χ1n) is 5.46. The minimum absolute atomic E-state index is 0.0616. The second kappa shape index (κ2) is 5.34. The first-order chi connectivity index (χ1) is 8.16. The van der Waals surface area contributed by atoms with E-state index in [-0.39, 0.29) is 17.0 Å². The number of halogens is 1. The van der Waals surface area contributed by atoms with Gasteiger partial charge >= 0.3 is 0 Å². The highest BCUT2D eigenvalue weighted by Gasteiger charge is 2.31. The first kappa shape index (κ1) is 12.1. The van der Waals surface area contributed by atoms with Crippen molar-refractivity contribution in [2.45, 2.75) is 12.7 Å². The van der Waals surface area contributed by atoms with Crippen LogP contribution >= 0.6 is 11.6 Å². The molecule has 17 heavy (non-hydrogen) atoms. The van der Waals surface area contributed by atoms with Gasteiger partial charge in [0.25, 0.3) is 5.91 Å². The van der Waals surface area contributed by atoms with Crippen LogP contribution in [0.4, 0.5) is 0 Å². The average Bonchev–Trinajstić information content (AvgIpc) is 2.28. The third kappa shape index (κ3) is 3.08. The van der Waals surface area contributed by atoms with Crippen molar-refractivity contribution in [1.29, 1.82) is 0 Å². The van der Waals surface area contributed by atoms with Crippen LogP contribution in [0.2, 0.25) is 0 Å². The zero-order valence-electron chi connectivity index (χ0n) is 9.43. The molecule has 0 spiro atoms. The lowest BCUT2D eigenvalue weighted by Gasteiger charge is -2.38. The van der Waals surface area contributed by atoms with Gasteiger partial charge in [0.15, 0.2) is 0 Å². The Kier molecular flexibility index (Phi) is 3.82. The van der Waals surface area contributed by atoms with E-state index in [1.54, 1.807) is 4.90 Å². The number of amides is 1. The average molecular weight is 252 g/mol. The van der Waals surface area contributed by atoms with E-state index in [2.05, 4.69) is 6.58 Å². The summed E-state index contributed by atoms with van der Waals surface area (Å²) >= 11 is 5.53. The number of carbonyl (C=O) groups is 1. The number of hydrogen-bond acceptors (Lipinski definition) is 2. The van der Waals surface area contributed by atoms with Crippen LogP contribution in [0.25, 0.3) is 0 Å². The molecule has 1 fully saturated rings. The molecule has 1 aromatic rings. The van der Waals surface area contributed by atoms with Crippen molar-refractivity contribution in [3.63, 3.8) is 0 Å². The highest BCUT2D eigenvalue weighted by atomic mass is 35.5. The van der Waals surface area contributed by atoms with Crippen molar-refractivity contribution in [1.82, 2.24) is 4.90 Å². The predicted molar refractivity (Wildman–Crippen MR) is 66.6 cm³/mol. The van der Waals surface area contributed by atoms with Gasteiger partial charge in [0.05, 0.1) is 17.7 Å². The van der Waals surface area contributed by atoms with Crippen molar-refractivity contribution in [3.05, 3.63) is 47.5 Å². The Balaban J connectivity index is 1.71. The maximum Gasteiger partial charge on any atom is 0.264 e. The molecule has 0 radical (unpaired) electrons. The Morgan fingerprint density at radius 2 is 2.06 bits per heavy atom. The quantitative estimate of drug-likeness (QED) is 0.768. The molecule has 1 aromatic carbocycles. The molecule has 0 saturated carbocycles. The van der Waals surface area contributed by atoms with Crippen LogP contribution in [0.3, 0.4) is 0 Å². The molecule has 0 unspecified atom stereocenters. The molecule has 1 aliphatic rings. The molecule has 2 rings (SSSR count). The van der Waals surface area contributed by atoms with E-state index in [4.69, 9.17) is 16.3 Å². The molecule has 0 aliphatic carbocycles. The largest absolute Gasteiger partial charge is 0.370 e. The Hall–Kier alpha value is -1.32. The minimum atomic E-state index is -0.203. The highest BCUT2D eigenvalue weighted by molar-refractivity contribution is 6.41. The molecule has 1 amide bonds. The molecule has 1 aliphatic heterocycles. The Morgan fingerprint density at radius 1 is 1.41 bits per heavy atom. The number of nitrogens with zero attached hydrogens (tertiary/aromatic N) is 1. The number of carbonyl (C=O) groups excluding carboxylic acids is 1. The summed E-state index contributed by atoms with van der Waals surface area (Å²) in [6, 6.07) is 9.96. The van der Waals surface area contributed by atoms with Gasteiger partial charge in [-0.2, -0.15) is 0 Å². The summed E-state index contributed by atoms with van der Waals surface area (Å²) in [7, 11) is 0. The van der Waals surface area contributed by atoms with Crippen LogP contribution in [0.5, 0.6) is 0 Å². The van der Waals surface area contributed by atoms with Crippen LogP contribution in [0.15, 0.2) is 41.9 Å². The highest BCUT2D eigenvalue weighted by Crippen LogP contribution is 2.17. The fourth-order valence-electron chi connectivity index (χ4n) is 1.67. The topological polar surface area (TPSA) is 29.5 Å². The maximum absolute atomic E-state index is 11.4. The Labute approximate surface area is 106 Å². The molecular formula is C13H14ClNO2. The van der Waals surface area contributed by atoms with Crippen LogP contribution in [-0.4, -0.2) is 30.0 Å². The summed E-state index contributed by atoms with van der Waals surface area (Å²) in [5.41, 5.74) is 1.14. The van der Waals surface area contributed by atoms with Crippen molar-refractivity contribution < 1.29 is 9.53 Å². The standard InChI is InChI=1S/C13H14ClNO2/c1-10(14)13(16)15-7-12(8-15)17-9-11-5-3-2-4-6-11/h2-6,12H,1,7-9H2. The summed E-state index contributed by atoms with van der Waals surface area (Å²) < 4.78 is 5.66. The summed E-state index contributed by atoms with van der Waals surface area (Å²) in [6.45, 7) is 5.18. The lowest BCUT2D eigenvalue weighted by atomic mass is 10.1. The van der Waals surface area contributed by atoms with Crippen molar-refractivity contribution in [2.24, 2.45) is 0 Å². The van der Waals surface area contributed by atoms with Crippen LogP contribution in [0, 0.1) is 0 Å². The van der Waals surface area contributed by atoms with Crippen LogP contribution in [-0.2, 0) is 16.1 Å². The molecule has 1 saturated heterocycles. The molecule has 90 valence electrons. The zero-order chi connectivity index (χ0) is 12.3. The molecule has 0 aromatic heterocycles. The minimum Gasteiger partial charge on any atom is -0.370 e. The van der Waals surface area contributed by atoms with Gasteiger partial charge in [-0.05, 0) is 5.56 Å². The third-order valence-corrected chi connectivity index (χ3v) is 2.86. The number of likely N-dealkylation sites (tertiary alicyclic amines) is 1. The molecule has 0 bridgehead atoms. The van der Waals surface area contributed by atoms with Gasteiger partial charge in [-0.3, -0.25) is 4.79 Å². The molecular weight excluding hydrogens is 238 g/mol. The molecule has 0 N–H and O–H groups in total. The monoisotopic (exact) mass is 251 g/mol. The summed E-state index contributed by atoms with van der Waals surface area (Å²) in [6.07, 6.45) is 0.107. The zero-order valence-corrected chi connectivity index (χ0v) is 10.2. The first-order valence-corrected chi connectivity index (χ1v) is 5.84. The normalized spacial score (nSPS) is 15.5. The second-order valence-corrected chi connectivity index (χ2v) is 4.49. The van der Waals surface area contributed by atoms with E-state index >= 15 is 0 Å². The summed E-state index contributed by atoms with van der Waals surface area (Å²) in [5, 5.41) is 0.0616. The van der Waals surface area contributed by atoms with Gasteiger partial charge in [-0.15, -0.1) is 0 Å². The summed E-state index contributed by atoms with van der Waals surface area (Å²) in [5.74, 6) is -0.203. The number of hydrogen-bond donors (Lipinski definition) is 0. The second-order valence-electron chi connectivity index (χ2n) is 4.03. The van der Waals surface area contributed by atoms with Gasteiger partial charge in [-0.1, -0.05) is 48.5 Å². The van der Waals surface area contributed by atoms with Crippen molar-refractivity contribution in [3.8, 4) is 0 Å². The van der Waals surface area contributed by atoms with Crippen LogP contribution in [0.1, 0.15) is 5.56 Å². The predicted octanol–water partition coefficient (Wildman–Crippen LogP) is 2.17.